The van der Waals surface area contributed by atoms with Gasteiger partial charge in [-0.05, 0) is 55.8 Å². The second-order valence-electron chi connectivity index (χ2n) is 8.96. The first kappa shape index (κ1) is 28.6. The third-order valence-corrected chi connectivity index (χ3v) is 7.85. The highest BCUT2D eigenvalue weighted by Gasteiger charge is 2.24. The molecule has 1 unspecified atom stereocenters. The molecule has 2 amide bonds. The monoisotopic (exact) mass is 560 g/mol. The Kier molecular flexibility index (Phi) is 9.00. The van der Waals surface area contributed by atoms with Crippen LogP contribution in [0.4, 0.5) is 11.4 Å². The van der Waals surface area contributed by atoms with Crippen molar-refractivity contribution >= 4 is 35.0 Å². The number of hydrogen-bond donors (Lipinski definition) is 2. The summed E-state index contributed by atoms with van der Waals surface area (Å²) in [5.74, 6) is 0.141. The summed E-state index contributed by atoms with van der Waals surface area (Å²) >= 11 is 1.36. The maximum absolute atomic E-state index is 13.3. The molecule has 4 aromatic rings. The van der Waals surface area contributed by atoms with E-state index in [4.69, 9.17) is 9.47 Å². The van der Waals surface area contributed by atoms with Crippen LogP contribution in [0.1, 0.15) is 29.4 Å². The number of ether oxygens (including phenoxy) is 2. The summed E-state index contributed by atoms with van der Waals surface area (Å²) in [4.78, 5) is 40.4. The van der Waals surface area contributed by atoms with Gasteiger partial charge in [0.05, 0.1) is 30.9 Å². The van der Waals surface area contributed by atoms with E-state index < -0.39 is 5.25 Å². The highest BCUT2D eigenvalue weighted by Crippen LogP contribution is 2.31. The second-order valence-corrected chi connectivity index (χ2v) is 10.2. The number of methoxy groups -OCH3 is 2. The topological polar surface area (TPSA) is 104 Å². The Hall–Kier alpha value is -4.44. The Balaban J connectivity index is 1.51. The molecular weight excluding hydrogens is 528 g/mol. The van der Waals surface area contributed by atoms with E-state index in [9.17, 15) is 14.4 Å². The molecule has 2 N–H and O–H groups in total. The summed E-state index contributed by atoms with van der Waals surface area (Å²) in [5.41, 5.74) is 2.17. The number of aromatic nitrogens is 2. The number of para-hydroxylation sites is 1. The van der Waals surface area contributed by atoms with Crippen molar-refractivity contribution in [1.82, 2.24) is 9.36 Å². The summed E-state index contributed by atoms with van der Waals surface area (Å²) in [6.45, 7) is 3.71. The van der Waals surface area contributed by atoms with Crippen LogP contribution in [0.5, 0.6) is 11.5 Å². The number of carbonyl (C=O) groups excluding carboxylic acids is 2. The fraction of sp³-hybridized carbons (Fsp3) is 0.233. The minimum Gasteiger partial charge on any atom is -0.496 e. The van der Waals surface area contributed by atoms with Gasteiger partial charge in [0, 0.05) is 17.6 Å². The molecule has 0 aliphatic rings. The predicted molar refractivity (Wildman–Crippen MR) is 158 cm³/mol. The molecule has 208 valence electrons. The van der Waals surface area contributed by atoms with Crippen molar-refractivity contribution < 1.29 is 19.1 Å². The van der Waals surface area contributed by atoms with Crippen molar-refractivity contribution in [3.63, 3.8) is 0 Å². The predicted octanol–water partition coefficient (Wildman–Crippen LogP) is 5.26. The average Bonchev–Trinajstić information content (AvgIpc) is 3.18. The lowest BCUT2D eigenvalue weighted by atomic mass is 10.1. The number of anilines is 2. The number of nitrogens with one attached hydrogen (secondary N) is 2. The van der Waals surface area contributed by atoms with Crippen molar-refractivity contribution in [2.24, 2.45) is 7.05 Å². The molecule has 0 aliphatic heterocycles. The molecule has 3 aromatic carbocycles. The van der Waals surface area contributed by atoms with Gasteiger partial charge in [-0.2, -0.15) is 0 Å². The molecule has 0 spiro atoms. The van der Waals surface area contributed by atoms with Gasteiger partial charge in [-0.1, -0.05) is 37.3 Å². The number of benzene rings is 3. The highest BCUT2D eigenvalue weighted by molar-refractivity contribution is 8.00. The minimum absolute atomic E-state index is 0.252. The SMILES string of the molecule is CCC(Sc1cccc(NC(=O)c2c(OC)cccc2OC)c1)C(=O)Nc1c(C)n(C)n(-c2ccccc2)c1=O. The van der Waals surface area contributed by atoms with Gasteiger partial charge in [0.2, 0.25) is 5.91 Å². The largest absolute Gasteiger partial charge is 0.496 e. The molecule has 1 heterocycles. The molecule has 0 saturated heterocycles. The van der Waals surface area contributed by atoms with Gasteiger partial charge in [0.25, 0.3) is 11.5 Å². The zero-order valence-corrected chi connectivity index (χ0v) is 23.9. The van der Waals surface area contributed by atoms with Crippen LogP contribution in [0.15, 0.2) is 82.5 Å². The van der Waals surface area contributed by atoms with E-state index in [2.05, 4.69) is 10.6 Å². The van der Waals surface area contributed by atoms with E-state index in [-0.39, 0.29) is 28.6 Å². The molecular formula is C30H32N4O5S. The van der Waals surface area contributed by atoms with Crippen LogP contribution < -0.4 is 25.7 Å². The third kappa shape index (κ3) is 5.91. The van der Waals surface area contributed by atoms with Gasteiger partial charge >= 0.3 is 0 Å². The third-order valence-electron chi connectivity index (χ3n) is 6.49. The quantitative estimate of drug-likeness (QED) is 0.257. The van der Waals surface area contributed by atoms with Crippen molar-refractivity contribution in [3.05, 3.63) is 94.4 Å². The zero-order valence-electron chi connectivity index (χ0n) is 23.1. The van der Waals surface area contributed by atoms with E-state index >= 15 is 0 Å². The summed E-state index contributed by atoms with van der Waals surface area (Å²) in [5, 5.41) is 5.28. The van der Waals surface area contributed by atoms with Crippen molar-refractivity contribution in [2.75, 3.05) is 24.9 Å². The van der Waals surface area contributed by atoms with E-state index in [1.54, 1.807) is 49.0 Å². The molecule has 4 rings (SSSR count). The van der Waals surface area contributed by atoms with Gasteiger partial charge in [0.1, 0.15) is 22.7 Å². The summed E-state index contributed by atoms with van der Waals surface area (Å²) in [6, 6.07) is 21.7. The van der Waals surface area contributed by atoms with Crippen LogP contribution in [0.3, 0.4) is 0 Å². The molecule has 0 bridgehead atoms. The second kappa shape index (κ2) is 12.6. The molecule has 0 radical (unpaired) electrons. The maximum Gasteiger partial charge on any atom is 0.295 e. The lowest BCUT2D eigenvalue weighted by Crippen LogP contribution is -2.28. The summed E-state index contributed by atoms with van der Waals surface area (Å²) in [6.07, 6.45) is 0.532. The molecule has 9 nitrogen and oxygen atoms in total. The first-order chi connectivity index (χ1) is 19.3. The van der Waals surface area contributed by atoms with Crippen LogP contribution in [-0.4, -0.2) is 40.6 Å². The fourth-order valence-electron chi connectivity index (χ4n) is 4.32. The molecule has 10 heteroatoms. The number of hydrogen-bond acceptors (Lipinski definition) is 6. The Morgan fingerprint density at radius 1 is 0.925 bits per heavy atom. The molecule has 0 saturated carbocycles. The summed E-state index contributed by atoms with van der Waals surface area (Å²) < 4.78 is 14.0. The highest BCUT2D eigenvalue weighted by atomic mass is 32.2. The number of thioether (sulfide) groups is 1. The molecule has 40 heavy (non-hydrogen) atoms. The Labute approximate surface area is 237 Å². The normalized spacial score (nSPS) is 11.5. The number of rotatable bonds is 10. The molecule has 0 fully saturated rings. The fourth-order valence-corrected chi connectivity index (χ4v) is 5.33. The number of carbonyl (C=O) groups is 2. The van der Waals surface area contributed by atoms with E-state index in [1.165, 1.54) is 30.7 Å². The van der Waals surface area contributed by atoms with Crippen molar-refractivity contribution in [1.29, 1.82) is 0 Å². The Morgan fingerprint density at radius 2 is 1.57 bits per heavy atom. The maximum atomic E-state index is 13.3. The summed E-state index contributed by atoms with van der Waals surface area (Å²) in [7, 11) is 4.77. The van der Waals surface area contributed by atoms with Gasteiger partial charge < -0.3 is 20.1 Å². The molecule has 1 atom stereocenters. The standard InChI is InChI=1S/C30H32N4O5S/c1-6-25(28(35)32-27-19(2)33(3)34(30(27)37)21-13-8-7-9-14-21)40-22-15-10-12-20(18-22)31-29(36)26-23(38-4)16-11-17-24(26)39-5/h7-18,25H,6H2,1-5H3,(H,31,36)(H,32,35). The lowest BCUT2D eigenvalue weighted by Gasteiger charge is -2.16. The average molecular weight is 561 g/mol. The Morgan fingerprint density at radius 3 is 2.20 bits per heavy atom. The van der Waals surface area contributed by atoms with Gasteiger partial charge in [0.15, 0.2) is 0 Å². The number of amides is 2. The van der Waals surface area contributed by atoms with Gasteiger partial charge in [-0.25, -0.2) is 4.68 Å². The van der Waals surface area contributed by atoms with E-state index in [0.717, 1.165) is 4.90 Å². The van der Waals surface area contributed by atoms with Crippen LogP contribution in [0.2, 0.25) is 0 Å². The lowest BCUT2D eigenvalue weighted by molar-refractivity contribution is -0.115. The smallest absolute Gasteiger partial charge is 0.295 e. The van der Waals surface area contributed by atoms with E-state index in [0.29, 0.717) is 35.0 Å². The van der Waals surface area contributed by atoms with Gasteiger partial charge in [-0.3, -0.25) is 19.1 Å². The van der Waals surface area contributed by atoms with Crippen LogP contribution >= 0.6 is 11.8 Å². The first-order valence-corrected chi connectivity index (χ1v) is 13.6. The Bertz CT molecular complexity index is 1560. The van der Waals surface area contributed by atoms with Gasteiger partial charge in [-0.15, -0.1) is 11.8 Å². The first-order valence-electron chi connectivity index (χ1n) is 12.7. The van der Waals surface area contributed by atoms with Crippen LogP contribution in [0, 0.1) is 6.92 Å². The van der Waals surface area contributed by atoms with E-state index in [1.807, 2.05) is 49.4 Å². The number of nitrogens with zero attached hydrogens (tertiary/aromatic N) is 2. The van der Waals surface area contributed by atoms with Crippen molar-refractivity contribution in [3.8, 4) is 17.2 Å². The van der Waals surface area contributed by atoms with Crippen LogP contribution in [0.25, 0.3) is 5.69 Å². The minimum atomic E-state index is -0.468. The zero-order chi connectivity index (χ0) is 28.8. The van der Waals surface area contributed by atoms with Crippen molar-refractivity contribution in [2.45, 2.75) is 30.4 Å². The van der Waals surface area contributed by atoms with Crippen LogP contribution in [-0.2, 0) is 11.8 Å². The molecule has 1 aromatic heterocycles. The molecule has 0 aliphatic carbocycles.